The standard InChI is InChI=1S/C2N4O3/c7-2-3-1(5-8)4-6(2)9. The lowest BCUT2D eigenvalue weighted by Crippen LogP contribution is -2.00. The van der Waals surface area contributed by atoms with Crippen LogP contribution in [0.1, 0.15) is 0 Å². The third kappa shape index (κ3) is 0.784. The predicted molar refractivity (Wildman–Crippen MR) is 24.7 cm³/mol. The summed E-state index contributed by atoms with van der Waals surface area (Å²) in [6.07, 6.45) is 0. The van der Waals surface area contributed by atoms with E-state index in [2.05, 4.69) is 15.3 Å². The molecule has 0 aromatic heterocycles. The second kappa shape index (κ2) is 1.69. The number of hydrogen-bond donors (Lipinski definition) is 0. The van der Waals surface area contributed by atoms with Crippen molar-refractivity contribution in [1.82, 2.24) is 0 Å². The van der Waals surface area contributed by atoms with Crippen molar-refractivity contribution in [3.05, 3.63) is 10.1 Å². The van der Waals surface area contributed by atoms with Gasteiger partial charge in [0.25, 0.3) is 0 Å². The van der Waals surface area contributed by atoms with Crippen molar-refractivity contribution in [1.29, 1.82) is 0 Å². The highest BCUT2D eigenvalue weighted by Crippen LogP contribution is 1.97. The zero-order valence-corrected chi connectivity index (χ0v) is 4.01. The van der Waals surface area contributed by atoms with Crippen LogP contribution in [-0.4, -0.2) is 16.9 Å². The highest BCUT2D eigenvalue weighted by atomic mass is 16.5. The van der Waals surface area contributed by atoms with Gasteiger partial charge < -0.3 is 5.21 Å². The van der Waals surface area contributed by atoms with Crippen LogP contribution in [0.15, 0.2) is 15.3 Å². The van der Waals surface area contributed by atoms with Gasteiger partial charge in [0.05, 0.1) is 4.99 Å². The first kappa shape index (κ1) is 5.48. The maximum Gasteiger partial charge on any atom is 0.568 e. The van der Waals surface area contributed by atoms with Crippen LogP contribution in [0.3, 0.4) is 0 Å². The van der Waals surface area contributed by atoms with E-state index in [-0.39, 0.29) is 4.86 Å². The molecule has 0 saturated carbocycles. The zero-order chi connectivity index (χ0) is 6.85. The fraction of sp³-hybridized carbons (Fsp3) is 0. The largest absolute Gasteiger partial charge is 0.688 e. The van der Waals surface area contributed by atoms with Gasteiger partial charge in [0.15, 0.2) is 0 Å². The molecule has 0 radical (unpaired) electrons. The summed E-state index contributed by atoms with van der Waals surface area (Å²) in [4.78, 5) is 22.1. The molecule has 0 atom stereocenters. The number of hydrogen-bond acceptors (Lipinski definition) is 5. The molecular weight excluding hydrogens is 128 g/mol. The molecule has 1 rings (SSSR count). The van der Waals surface area contributed by atoms with E-state index in [0.29, 0.717) is 0 Å². The van der Waals surface area contributed by atoms with Crippen molar-refractivity contribution in [2.75, 3.05) is 0 Å². The Balaban J connectivity index is 2.95. The van der Waals surface area contributed by atoms with Crippen LogP contribution < -0.4 is 0 Å². The van der Waals surface area contributed by atoms with Crippen LogP contribution in [0.4, 0.5) is 4.79 Å². The molecule has 0 spiro atoms. The Hall–Kier alpha value is -1.66. The summed E-state index contributed by atoms with van der Waals surface area (Å²) in [7, 11) is 0. The van der Waals surface area contributed by atoms with Crippen molar-refractivity contribution in [3.63, 3.8) is 0 Å². The molecular formula is C2N4O3. The zero-order valence-electron chi connectivity index (χ0n) is 4.01. The molecule has 0 unspecified atom stereocenters. The van der Waals surface area contributed by atoms with Gasteiger partial charge in [0, 0.05) is 5.18 Å². The molecule has 0 aliphatic carbocycles. The Labute approximate surface area is 48.3 Å². The summed E-state index contributed by atoms with van der Waals surface area (Å²) in [6, 6.07) is -1.12. The summed E-state index contributed by atoms with van der Waals surface area (Å²) in [6.45, 7) is 0. The van der Waals surface area contributed by atoms with E-state index in [9.17, 15) is 14.9 Å². The Kier molecular flexibility index (Phi) is 1.03. The number of guanidine groups is 1. The molecule has 0 aromatic carbocycles. The summed E-state index contributed by atoms with van der Waals surface area (Å²) in [5.41, 5.74) is 0. The number of azo groups is 1. The number of nitrogens with zero attached hydrogens (tertiary/aromatic N) is 4. The van der Waals surface area contributed by atoms with Crippen LogP contribution >= 0.6 is 0 Å². The minimum absolute atomic E-state index is 0.309. The average molecular weight is 128 g/mol. The van der Waals surface area contributed by atoms with E-state index in [0.717, 1.165) is 0 Å². The van der Waals surface area contributed by atoms with E-state index in [1.807, 2.05) is 0 Å². The van der Waals surface area contributed by atoms with E-state index in [1.165, 1.54) is 0 Å². The maximum absolute atomic E-state index is 10.1. The van der Waals surface area contributed by atoms with Gasteiger partial charge in [-0.05, 0) is 5.11 Å². The lowest BCUT2D eigenvalue weighted by Gasteiger charge is -1.86. The van der Waals surface area contributed by atoms with Crippen molar-refractivity contribution in [2.24, 2.45) is 15.3 Å². The number of rotatable bonds is 0. The van der Waals surface area contributed by atoms with E-state index in [4.69, 9.17) is 0 Å². The van der Waals surface area contributed by atoms with Gasteiger partial charge in [-0.3, -0.25) is 0 Å². The summed E-state index contributed by atoms with van der Waals surface area (Å²) in [5.74, 6) is -0.630. The molecule has 1 heterocycles. The van der Waals surface area contributed by atoms with Crippen LogP contribution in [-0.2, 0) is 0 Å². The van der Waals surface area contributed by atoms with Gasteiger partial charge in [-0.15, -0.1) is 4.91 Å². The first-order chi connectivity index (χ1) is 4.24. The van der Waals surface area contributed by atoms with Crippen LogP contribution in [0.2, 0.25) is 0 Å². The van der Waals surface area contributed by atoms with Gasteiger partial charge in [-0.2, -0.15) is 4.79 Å². The molecule has 0 saturated heterocycles. The van der Waals surface area contributed by atoms with Gasteiger partial charge in [-0.1, -0.05) is 4.86 Å². The Morgan fingerprint density at radius 1 is 1.67 bits per heavy atom. The average Bonchev–Trinajstić information content (AvgIpc) is 2.13. The van der Waals surface area contributed by atoms with E-state index < -0.39 is 12.0 Å². The quantitative estimate of drug-likeness (QED) is 0.264. The molecule has 2 amide bonds. The minimum atomic E-state index is -1.12. The molecule has 0 N–H and O–H groups in total. The number of hydroxylamine groups is 1. The fourth-order valence-corrected chi connectivity index (χ4v) is 0.313. The second-order valence-electron chi connectivity index (χ2n) is 1.16. The highest BCUT2D eigenvalue weighted by molar-refractivity contribution is 5.92. The predicted octanol–water partition coefficient (Wildman–Crippen LogP) is 0.205. The topological polar surface area (TPSA) is 97.3 Å². The lowest BCUT2D eigenvalue weighted by molar-refractivity contribution is -0.413. The molecule has 0 bridgehead atoms. The minimum Gasteiger partial charge on any atom is -0.688 e. The van der Waals surface area contributed by atoms with Crippen LogP contribution in [0.25, 0.3) is 0 Å². The Bertz CT molecular complexity index is 228. The van der Waals surface area contributed by atoms with Gasteiger partial charge >= 0.3 is 12.0 Å². The molecule has 1 aliphatic heterocycles. The SMILES string of the molecule is O=NC1=NC(=O)[N+]([O-])=N1. The van der Waals surface area contributed by atoms with E-state index in [1.54, 1.807) is 0 Å². The number of aliphatic imine (C=N–C) groups is 1. The van der Waals surface area contributed by atoms with Gasteiger partial charge in [0.1, 0.15) is 0 Å². The lowest BCUT2D eigenvalue weighted by atomic mass is 11.0. The second-order valence-corrected chi connectivity index (χ2v) is 1.16. The molecule has 7 heteroatoms. The number of carbonyl (C=O) groups is 1. The number of carbonyl (C=O) groups excluding carboxylic acids is 1. The molecule has 7 nitrogen and oxygen atoms in total. The molecule has 9 heavy (non-hydrogen) atoms. The van der Waals surface area contributed by atoms with Crippen LogP contribution in [0, 0.1) is 10.1 Å². The molecule has 1 aliphatic rings. The third-order valence-corrected chi connectivity index (χ3v) is 0.621. The third-order valence-electron chi connectivity index (χ3n) is 0.621. The number of nitroso groups, excluding NO2 is 1. The summed E-state index contributed by atoms with van der Waals surface area (Å²) < 4.78 is 0. The van der Waals surface area contributed by atoms with Crippen molar-refractivity contribution >= 4 is 12.0 Å². The van der Waals surface area contributed by atoms with Crippen molar-refractivity contribution in [2.45, 2.75) is 0 Å². The van der Waals surface area contributed by atoms with Crippen LogP contribution in [0.5, 0.6) is 0 Å². The summed E-state index contributed by atoms with van der Waals surface area (Å²) >= 11 is 0. The van der Waals surface area contributed by atoms with Crippen molar-refractivity contribution < 1.29 is 9.66 Å². The Morgan fingerprint density at radius 2 is 2.33 bits per heavy atom. The summed E-state index contributed by atoms with van der Waals surface area (Å²) in [5, 5.41) is 15.0. The maximum atomic E-state index is 10.1. The normalized spacial score (nSPS) is 17.1. The smallest absolute Gasteiger partial charge is 0.568 e. The monoisotopic (exact) mass is 128 g/mol. The first-order valence-corrected chi connectivity index (χ1v) is 1.89. The molecule has 0 fully saturated rings. The Morgan fingerprint density at radius 3 is 2.56 bits per heavy atom. The molecule has 0 aromatic rings. The first-order valence-electron chi connectivity index (χ1n) is 1.89. The highest BCUT2D eigenvalue weighted by Gasteiger charge is 2.25. The number of urea groups is 1. The molecule has 46 valence electrons. The van der Waals surface area contributed by atoms with E-state index >= 15 is 0 Å². The fourth-order valence-electron chi connectivity index (χ4n) is 0.313. The van der Waals surface area contributed by atoms with Crippen molar-refractivity contribution in [3.8, 4) is 0 Å². The number of amides is 2. The van der Waals surface area contributed by atoms with Gasteiger partial charge in [-0.25, -0.2) is 0 Å². The van der Waals surface area contributed by atoms with Gasteiger partial charge in [0.2, 0.25) is 0 Å².